The molecule has 0 saturated carbocycles. The van der Waals surface area contributed by atoms with Crippen LogP contribution < -0.4 is 0 Å². The van der Waals surface area contributed by atoms with E-state index >= 15 is 0 Å². The van der Waals surface area contributed by atoms with Crippen molar-refractivity contribution >= 4 is 43.7 Å². The summed E-state index contributed by atoms with van der Waals surface area (Å²) in [6.07, 6.45) is 0. The van der Waals surface area contributed by atoms with Crippen molar-refractivity contribution in [2.45, 2.75) is 0 Å². The number of hydrogen-bond donors (Lipinski definition) is 0. The minimum absolute atomic E-state index is 0.925. The van der Waals surface area contributed by atoms with E-state index in [4.69, 9.17) is 4.42 Å². The Balaban J connectivity index is 1.24. The molecule has 0 aliphatic heterocycles. The van der Waals surface area contributed by atoms with E-state index < -0.39 is 0 Å². The lowest BCUT2D eigenvalue weighted by Gasteiger charge is -2.09. The molecule has 6 aromatic carbocycles. The van der Waals surface area contributed by atoms with Crippen LogP contribution in [0.15, 0.2) is 144 Å². The number of aromatic nitrogens is 1. The third-order valence-corrected chi connectivity index (χ3v) is 7.62. The molecule has 0 unspecified atom stereocenters. The van der Waals surface area contributed by atoms with Gasteiger partial charge in [-0.3, -0.25) is 0 Å². The molecule has 8 rings (SSSR count). The fourth-order valence-electron chi connectivity index (χ4n) is 5.82. The molecule has 2 nitrogen and oxygen atoms in total. The molecule has 2 aromatic heterocycles. The molecule has 0 fully saturated rings. The number of para-hydroxylation sites is 4. The highest BCUT2D eigenvalue weighted by Gasteiger charge is 2.14. The molecule has 0 saturated heterocycles. The van der Waals surface area contributed by atoms with Crippen LogP contribution in [0.5, 0.6) is 0 Å². The number of benzene rings is 6. The molecule has 0 radical (unpaired) electrons. The van der Waals surface area contributed by atoms with Crippen LogP contribution in [-0.2, 0) is 0 Å². The van der Waals surface area contributed by atoms with E-state index in [-0.39, 0.29) is 0 Å². The van der Waals surface area contributed by atoms with Gasteiger partial charge in [-0.1, -0.05) is 103 Å². The van der Waals surface area contributed by atoms with Gasteiger partial charge in [-0.25, -0.2) is 0 Å². The lowest BCUT2D eigenvalue weighted by Crippen LogP contribution is -1.92. The van der Waals surface area contributed by atoms with Gasteiger partial charge in [0.15, 0.2) is 0 Å². The Morgan fingerprint density at radius 1 is 0.421 bits per heavy atom. The van der Waals surface area contributed by atoms with Gasteiger partial charge in [0.2, 0.25) is 0 Å². The fourth-order valence-corrected chi connectivity index (χ4v) is 5.82. The number of hydrogen-bond acceptors (Lipinski definition) is 1. The minimum atomic E-state index is 0.925. The molecule has 0 amide bonds. The first-order valence-electron chi connectivity index (χ1n) is 12.9. The first-order chi connectivity index (χ1) is 18.8. The second-order valence-electron chi connectivity index (χ2n) is 9.78. The topological polar surface area (TPSA) is 18.1 Å². The predicted molar refractivity (Wildman–Crippen MR) is 159 cm³/mol. The van der Waals surface area contributed by atoms with Crippen LogP contribution in [0.2, 0.25) is 0 Å². The molecule has 8 aromatic rings. The van der Waals surface area contributed by atoms with Crippen molar-refractivity contribution in [3.8, 4) is 27.9 Å². The summed E-state index contributed by atoms with van der Waals surface area (Å²) >= 11 is 0. The van der Waals surface area contributed by atoms with Gasteiger partial charge in [-0.15, -0.1) is 0 Å². The lowest BCUT2D eigenvalue weighted by molar-refractivity contribution is 0.670. The Morgan fingerprint density at radius 3 is 1.95 bits per heavy atom. The third-order valence-electron chi connectivity index (χ3n) is 7.62. The van der Waals surface area contributed by atoms with Gasteiger partial charge in [-0.2, -0.15) is 0 Å². The van der Waals surface area contributed by atoms with Crippen LogP contribution in [0.3, 0.4) is 0 Å². The quantitative estimate of drug-likeness (QED) is 0.243. The van der Waals surface area contributed by atoms with E-state index in [1.807, 2.05) is 12.1 Å². The maximum atomic E-state index is 6.28. The van der Waals surface area contributed by atoms with E-state index in [2.05, 4.69) is 132 Å². The number of rotatable bonds is 3. The average molecular weight is 486 g/mol. The molecule has 0 bridgehead atoms. The molecule has 0 aliphatic carbocycles. The van der Waals surface area contributed by atoms with Gasteiger partial charge in [0.25, 0.3) is 0 Å². The van der Waals surface area contributed by atoms with Gasteiger partial charge in [0, 0.05) is 32.8 Å². The molecule has 0 spiro atoms. The predicted octanol–water partition coefficient (Wildman–Crippen LogP) is 10.0. The molecule has 2 heterocycles. The van der Waals surface area contributed by atoms with Crippen molar-refractivity contribution in [3.05, 3.63) is 140 Å². The van der Waals surface area contributed by atoms with Crippen molar-refractivity contribution in [3.63, 3.8) is 0 Å². The summed E-state index contributed by atoms with van der Waals surface area (Å²) in [5, 5.41) is 4.84. The summed E-state index contributed by atoms with van der Waals surface area (Å²) in [4.78, 5) is 0. The molecular weight excluding hydrogens is 462 g/mol. The third kappa shape index (κ3) is 3.14. The van der Waals surface area contributed by atoms with Crippen molar-refractivity contribution in [2.75, 3.05) is 0 Å². The first kappa shape index (κ1) is 21.0. The van der Waals surface area contributed by atoms with E-state index in [1.54, 1.807) is 0 Å². The molecule has 0 aliphatic rings. The second kappa shape index (κ2) is 8.22. The summed E-state index contributed by atoms with van der Waals surface area (Å²) in [5.74, 6) is 0. The Hall–Kier alpha value is -5.08. The maximum Gasteiger partial charge on any atom is 0.143 e. The summed E-state index contributed by atoms with van der Waals surface area (Å²) in [5.41, 5.74) is 10.2. The summed E-state index contributed by atoms with van der Waals surface area (Å²) in [6, 6.07) is 49.5. The zero-order valence-electron chi connectivity index (χ0n) is 20.6. The van der Waals surface area contributed by atoms with E-state index in [0.717, 1.165) is 33.1 Å². The SMILES string of the molecule is c1ccc(-n2c3ccccc3c3cc(-c4ccc(-c5cccc6c5oc5ccccc56)cc4)ccc32)cc1. The monoisotopic (exact) mass is 485 g/mol. The fraction of sp³-hybridized carbons (Fsp3) is 0. The van der Waals surface area contributed by atoms with Gasteiger partial charge in [0.1, 0.15) is 11.2 Å². The normalized spacial score (nSPS) is 11.7. The Bertz CT molecular complexity index is 2110. The van der Waals surface area contributed by atoms with Crippen molar-refractivity contribution in [2.24, 2.45) is 0 Å². The van der Waals surface area contributed by atoms with Gasteiger partial charge in [-0.05, 0) is 53.1 Å². The molecule has 178 valence electrons. The van der Waals surface area contributed by atoms with Crippen LogP contribution in [0, 0.1) is 0 Å². The van der Waals surface area contributed by atoms with Crippen molar-refractivity contribution < 1.29 is 4.42 Å². The van der Waals surface area contributed by atoms with Crippen LogP contribution >= 0.6 is 0 Å². The van der Waals surface area contributed by atoms with E-state index in [9.17, 15) is 0 Å². The van der Waals surface area contributed by atoms with E-state index in [0.29, 0.717) is 0 Å². The highest BCUT2D eigenvalue weighted by Crippen LogP contribution is 2.38. The Morgan fingerprint density at radius 2 is 1.08 bits per heavy atom. The van der Waals surface area contributed by atoms with Crippen molar-refractivity contribution in [1.29, 1.82) is 0 Å². The number of fused-ring (bicyclic) bond motifs is 6. The standard InChI is InChI=1S/C36H23NO/c1-2-9-27(10-3-1)37-33-15-6-4-11-29(33)32-23-26(21-22-34(32)37)24-17-19-25(20-18-24)28-13-8-14-31-30-12-5-7-16-35(30)38-36(28)31/h1-23H. The van der Waals surface area contributed by atoms with E-state index in [1.165, 1.54) is 38.6 Å². The zero-order valence-corrected chi connectivity index (χ0v) is 20.6. The molecule has 0 atom stereocenters. The zero-order chi connectivity index (χ0) is 25.1. The highest BCUT2D eigenvalue weighted by atomic mass is 16.3. The van der Waals surface area contributed by atoms with Crippen LogP contribution in [-0.4, -0.2) is 4.57 Å². The number of nitrogens with zero attached hydrogens (tertiary/aromatic N) is 1. The van der Waals surface area contributed by atoms with Crippen LogP contribution in [0.4, 0.5) is 0 Å². The summed E-state index contributed by atoms with van der Waals surface area (Å²) in [7, 11) is 0. The second-order valence-corrected chi connectivity index (χ2v) is 9.78. The molecule has 38 heavy (non-hydrogen) atoms. The Labute approximate surface area is 220 Å². The van der Waals surface area contributed by atoms with Gasteiger partial charge < -0.3 is 8.98 Å². The summed E-state index contributed by atoms with van der Waals surface area (Å²) < 4.78 is 8.63. The van der Waals surface area contributed by atoms with Gasteiger partial charge >= 0.3 is 0 Å². The van der Waals surface area contributed by atoms with Crippen molar-refractivity contribution in [1.82, 2.24) is 4.57 Å². The Kier molecular flexibility index (Phi) is 4.55. The maximum absolute atomic E-state index is 6.28. The lowest BCUT2D eigenvalue weighted by atomic mass is 9.98. The summed E-state index contributed by atoms with van der Waals surface area (Å²) in [6.45, 7) is 0. The smallest absolute Gasteiger partial charge is 0.143 e. The van der Waals surface area contributed by atoms with Crippen LogP contribution in [0.1, 0.15) is 0 Å². The largest absolute Gasteiger partial charge is 0.455 e. The van der Waals surface area contributed by atoms with Crippen LogP contribution in [0.25, 0.3) is 71.7 Å². The highest BCUT2D eigenvalue weighted by molar-refractivity contribution is 6.11. The average Bonchev–Trinajstić information content (AvgIpc) is 3.53. The first-order valence-corrected chi connectivity index (χ1v) is 12.9. The molecular formula is C36H23NO. The molecule has 0 N–H and O–H groups in total. The van der Waals surface area contributed by atoms with Gasteiger partial charge in [0.05, 0.1) is 11.0 Å². The number of furan rings is 1. The molecule has 2 heteroatoms. The minimum Gasteiger partial charge on any atom is -0.455 e.